The number of rotatable bonds is 5. The molecular formula is C24H25BrN4OS. The summed E-state index contributed by atoms with van der Waals surface area (Å²) in [6, 6.07) is 19.2. The highest BCUT2D eigenvalue weighted by Crippen LogP contribution is 2.42. The highest BCUT2D eigenvalue weighted by atomic mass is 79.9. The molecule has 1 saturated heterocycles. The Kier molecular flexibility index (Phi) is 5.82. The van der Waals surface area contributed by atoms with Gasteiger partial charge in [0, 0.05) is 4.47 Å². The molecule has 4 aromatic rings. The molecule has 5 rings (SSSR count). The van der Waals surface area contributed by atoms with Crippen molar-refractivity contribution < 1.29 is 5.11 Å². The number of nitrogens with zero attached hydrogens (tertiary/aromatic N) is 4. The van der Waals surface area contributed by atoms with Gasteiger partial charge in [0.2, 0.25) is 10.8 Å². The summed E-state index contributed by atoms with van der Waals surface area (Å²) in [6.07, 6.45) is 3.44. The number of fused-ring (bicyclic) bond motifs is 1. The zero-order chi connectivity index (χ0) is 21.4. The topological polar surface area (TPSA) is 53.7 Å². The standard InChI is InChI=1S/C24H25BrN4OS/c1-16-26-24-29(27-16)23(30)22(31-24)21(19-8-5-9-20(25)15-19)28-12-10-18(11-13-28)14-17-6-3-2-4-7-17/h2-9,15,18,21,30H,10-14H2,1H3/t21-/m0/s1. The molecule has 1 aliphatic rings. The third kappa shape index (κ3) is 4.27. The quantitative estimate of drug-likeness (QED) is 0.390. The molecule has 1 aliphatic heterocycles. The lowest BCUT2D eigenvalue weighted by Gasteiger charge is -2.37. The van der Waals surface area contributed by atoms with Gasteiger partial charge >= 0.3 is 0 Å². The van der Waals surface area contributed by atoms with Gasteiger partial charge in [0.15, 0.2) is 0 Å². The lowest BCUT2D eigenvalue weighted by Crippen LogP contribution is -2.37. The smallest absolute Gasteiger partial charge is 0.230 e. The van der Waals surface area contributed by atoms with E-state index in [1.807, 2.05) is 13.0 Å². The fourth-order valence-electron chi connectivity index (χ4n) is 4.59. The van der Waals surface area contributed by atoms with Crippen LogP contribution in [-0.2, 0) is 6.42 Å². The minimum Gasteiger partial charge on any atom is -0.492 e. The number of thiazole rings is 1. The zero-order valence-electron chi connectivity index (χ0n) is 17.4. The maximum Gasteiger partial charge on any atom is 0.230 e. The molecule has 0 amide bonds. The average Bonchev–Trinajstić information content (AvgIpc) is 3.27. The molecule has 0 spiro atoms. The van der Waals surface area contributed by atoms with Crippen molar-refractivity contribution in [3.63, 3.8) is 0 Å². The van der Waals surface area contributed by atoms with E-state index in [0.29, 0.717) is 11.7 Å². The van der Waals surface area contributed by atoms with Crippen LogP contribution in [0.25, 0.3) is 4.96 Å². The van der Waals surface area contributed by atoms with Crippen molar-refractivity contribution in [3.8, 4) is 5.88 Å². The largest absolute Gasteiger partial charge is 0.492 e. The van der Waals surface area contributed by atoms with E-state index in [2.05, 4.69) is 79.4 Å². The summed E-state index contributed by atoms with van der Waals surface area (Å²) >= 11 is 5.15. The molecule has 0 saturated carbocycles. The lowest BCUT2D eigenvalue weighted by molar-refractivity contribution is 0.150. The number of aromatic hydroxyl groups is 1. The van der Waals surface area contributed by atoms with Gasteiger partial charge in [-0.2, -0.15) is 4.52 Å². The summed E-state index contributed by atoms with van der Waals surface area (Å²) in [5.74, 6) is 1.58. The second kappa shape index (κ2) is 8.73. The predicted octanol–water partition coefficient (Wildman–Crippen LogP) is 5.61. The number of hydrogen-bond donors (Lipinski definition) is 1. The first kappa shape index (κ1) is 20.7. The fraction of sp³-hybridized carbons (Fsp3) is 0.333. The van der Waals surface area contributed by atoms with E-state index in [1.54, 1.807) is 4.52 Å². The molecule has 0 aliphatic carbocycles. The number of piperidine rings is 1. The molecule has 0 unspecified atom stereocenters. The maximum atomic E-state index is 11.0. The first-order valence-corrected chi connectivity index (χ1v) is 12.3. The van der Waals surface area contributed by atoms with Crippen LogP contribution in [0.2, 0.25) is 0 Å². The van der Waals surface area contributed by atoms with Gasteiger partial charge < -0.3 is 5.11 Å². The normalized spacial score (nSPS) is 16.7. The number of aryl methyl sites for hydroxylation is 1. The Morgan fingerprint density at radius 2 is 1.90 bits per heavy atom. The number of halogens is 1. The van der Waals surface area contributed by atoms with Crippen molar-refractivity contribution >= 4 is 32.2 Å². The van der Waals surface area contributed by atoms with Gasteiger partial charge in [-0.15, -0.1) is 5.10 Å². The van der Waals surface area contributed by atoms with Gasteiger partial charge in [-0.1, -0.05) is 69.7 Å². The highest BCUT2D eigenvalue weighted by molar-refractivity contribution is 9.10. The van der Waals surface area contributed by atoms with E-state index in [-0.39, 0.29) is 11.9 Å². The first-order chi connectivity index (χ1) is 15.1. The molecule has 2 aromatic heterocycles. The van der Waals surface area contributed by atoms with Crippen LogP contribution < -0.4 is 0 Å². The van der Waals surface area contributed by atoms with Gasteiger partial charge in [-0.05, 0) is 68.5 Å². The highest BCUT2D eigenvalue weighted by Gasteiger charge is 2.32. The first-order valence-electron chi connectivity index (χ1n) is 10.7. The molecule has 31 heavy (non-hydrogen) atoms. The molecule has 1 N–H and O–H groups in total. The molecule has 0 radical (unpaired) electrons. The van der Waals surface area contributed by atoms with Gasteiger partial charge in [-0.25, -0.2) is 4.98 Å². The predicted molar refractivity (Wildman–Crippen MR) is 128 cm³/mol. The van der Waals surface area contributed by atoms with Gasteiger partial charge in [0.05, 0.1) is 10.9 Å². The molecular weight excluding hydrogens is 472 g/mol. The summed E-state index contributed by atoms with van der Waals surface area (Å²) in [7, 11) is 0. The van der Waals surface area contributed by atoms with Crippen molar-refractivity contribution in [2.24, 2.45) is 5.92 Å². The Hall–Kier alpha value is -2.22. The number of hydrogen-bond acceptors (Lipinski definition) is 5. The van der Waals surface area contributed by atoms with E-state index in [9.17, 15) is 5.11 Å². The van der Waals surface area contributed by atoms with Crippen LogP contribution in [0.15, 0.2) is 59.1 Å². The van der Waals surface area contributed by atoms with Crippen molar-refractivity contribution in [2.75, 3.05) is 13.1 Å². The van der Waals surface area contributed by atoms with Crippen LogP contribution in [0.3, 0.4) is 0 Å². The van der Waals surface area contributed by atoms with E-state index in [1.165, 1.54) is 22.5 Å². The Morgan fingerprint density at radius 1 is 1.13 bits per heavy atom. The number of benzene rings is 2. The summed E-state index contributed by atoms with van der Waals surface area (Å²) in [5.41, 5.74) is 2.59. The molecule has 0 bridgehead atoms. The lowest BCUT2D eigenvalue weighted by atomic mass is 9.89. The van der Waals surface area contributed by atoms with Crippen molar-refractivity contribution in [3.05, 3.63) is 80.9 Å². The monoisotopic (exact) mass is 496 g/mol. The molecule has 1 fully saturated rings. The van der Waals surface area contributed by atoms with E-state index >= 15 is 0 Å². The third-order valence-electron chi connectivity index (χ3n) is 6.10. The summed E-state index contributed by atoms with van der Waals surface area (Å²) in [6.45, 7) is 3.85. The molecule has 1 atom stereocenters. The minimum absolute atomic E-state index is 0.0102. The van der Waals surface area contributed by atoms with Crippen molar-refractivity contribution in [1.29, 1.82) is 0 Å². The van der Waals surface area contributed by atoms with Crippen LogP contribution >= 0.6 is 27.3 Å². The van der Waals surface area contributed by atoms with Crippen LogP contribution in [-0.4, -0.2) is 37.7 Å². The minimum atomic E-state index is -0.0102. The molecule has 160 valence electrons. The van der Waals surface area contributed by atoms with Gasteiger partial charge in [-0.3, -0.25) is 4.90 Å². The van der Waals surface area contributed by atoms with Gasteiger partial charge in [0.25, 0.3) is 0 Å². The molecule has 5 nitrogen and oxygen atoms in total. The van der Waals surface area contributed by atoms with Crippen LogP contribution in [0.4, 0.5) is 0 Å². The van der Waals surface area contributed by atoms with Crippen LogP contribution in [0, 0.1) is 12.8 Å². The van der Waals surface area contributed by atoms with Crippen LogP contribution in [0.5, 0.6) is 5.88 Å². The van der Waals surface area contributed by atoms with E-state index in [4.69, 9.17) is 0 Å². The fourth-order valence-corrected chi connectivity index (χ4v) is 6.17. The second-order valence-corrected chi connectivity index (χ2v) is 10.2. The Labute approximate surface area is 194 Å². The zero-order valence-corrected chi connectivity index (χ0v) is 19.8. The summed E-state index contributed by atoms with van der Waals surface area (Å²) in [5, 5.41) is 15.4. The molecule has 7 heteroatoms. The number of aromatic nitrogens is 3. The van der Waals surface area contributed by atoms with Crippen molar-refractivity contribution in [1.82, 2.24) is 19.5 Å². The molecule has 2 aromatic carbocycles. The maximum absolute atomic E-state index is 11.0. The van der Waals surface area contributed by atoms with Crippen LogP contribution in [0.1, 0.15) is 40.7 Å². The third-order valence-corrected chi connectivity index (χ3v) is 7.67. The Balaban J connectivity index is 1.43. The number of likely N-dealkylation sites (tertiary alicyclic amines) is 1. The summed E-state index contributed by atoms with van der Waals surface area (Å²) in [4.78, 5) is 8.63. The molecule has 3 heterocycles. The average molecular weight is 497 g/mol. The van der Waals surface area contributed by atoms with E-state index in [0.717, 1.165) is 46.7 Å². The van der Waals surface area contributed by atoms with Crippen molar-refractivity contribution in [2.45, 2.75) is 32.2 Å². The SMILES string of the molecule is Cc1nc2sc([C@H](c3cccc(Br)c3)N3CCC(Cc4ccccc4)CC3)c(O)n2n1. The summed E-state index contributed by atoms with van der Waals surface area (Å²) < 4.78 is 2.62. The Morgan fingerprint density at radius 3 is 2.61 bits per heavy atom. The second-order valence-electron chi connectivity index (χ2n) is 8.27. The Bertz CT molecular complexity index is 1180. The van der Waals surface area contributed by atoms with E-state index < -0.39 is 0 Å². The van der Waals surface area contributed by atoms with Gasteiger partial charge in [0.1, 0.15) is 5.82 Å².